The molecule has 1 saturated carbocycles. The highest BCUT2D eigenvalue weighted by Gasteiger charge is 2.55. The van der Waals surface area contributed by atoms with E-state index in [2.05, 4.69) is 10.5 Å². The Hall–Kier alpha value is -2.38. The zero-order valence-corrected chi connectivity index (χ0v) is 14.8. The first-order chi connectivity index (χ1) is 11.8. The maximum absolute atomic E-state index is 12.8. The van der Waals surface area contributed by atoms with Gasteiger partial charge in [-0.15, -0.1) is 0 Å². The first-order valence-electron chi connectivity index (χ1n) is 8.56. The quantitative estimate of drug-likeness (QED) is 0.657. The van der Waals surface area contributed by atoms with Gasteiger partial charge in [0.1, 0.15) is 24.5 Å². The summed E-state index contributed by atoms with van der Waals surface area (Å²) in [5.74, 6) is -0.320. The van der Waals surface area contributed by atoms with Gasteiger partial charge in [-0.2, -0.15) is 0 Å². The van der Waals surface area contributed by atoms with Gasteiger partial charge in [-0.25, -0.2) is 4.79 Å². The van der Waals surface area contributed by atoms with Crippen molar-refractivity contribution < 1.29 is 23.6 Å². The Morgan fingerprint density at radius 2 is 2.16 bits per heavy atom. The summed E-state index contributed by atoms with van der Waals surface area (Å²) in [6.45, 7) is 5.07. The van der Waals surface area contributed by atoms with Crippen molar-refractivity contribution >= 4 is 17.9 Å². The molecule has 0 radical (unpaired) electrons. The number of rotatable bonds is 4. The lowest BCUT2D eigenvalue weighted by molar-refractivity contribution is -0.149. The Kier molecular flexibility index (Phi) is 4.53. The first kappa shape index (κ1) is 17.4. The van der Waals surface area contributed by atoms with E-state index in [1.54, 1.807) is 13.8 Å². The topological polar surface area (TPSA) is 102 Å². The molecule has 1 spiro atoms. The number of urea groups is 1. The molecule has 1 aliphatic heterocycles. The molecule has 3 rings (SSSR count). The number of hydrogen-bond donors (Lipinski definition) is 1. The lowest BCUT2D eigenvalue weighted by Gasteiger charge is -2.36. The van der Waals surface area contributed by atoms with Crippen molar-refractivity contribution in [2.24, 2.45) is 5.92 Å². The number of carbonyl (C=O) groups is 3. The number of amides is 3. The molecule has 2 atom stereocenters. The zero-order valence-electron chi connectivity index (χ0n) is 14.8. The van der Waals surface area contributed by atoms with Crippen LogP contribution < -0.4 is 5.32 Å². The molecule has 0 unspecified atom stereocenters. The molecule has 1 aromatic rings. The molecule has 136 valence electrons. The maximum Gasteiger partial charge on any atom is 0.326 e. The van der Waals surface area contributed by atoms with Gasteiger partial charge in [0.15, 0.2) is 0 Å². The largest absolute Gasteiger partial charge is 0.459 e. The fraction of sp³-hybridized carbons (Fsp3) is 0.647. The SMILES string of the molecule is Cc1noc(C)c1COC(=O)CN1C(=O)N[C@@]2(CCCC[C@H]2C)C1=O. The lowest BCUT2D eigenvalue weighted by Crippen LogP contribution is -2.54. The standard InChI is InChI=1S/C17H23N3O5/c1-10-6-4-5-7-17(10)15(22)20(16(23)18-17)8-14(21)24-9-13-11(2)19-25-12(13)3/h10H,4-9H2,1-3H3,(H,18,23)/t10-,17-/m1/s1. The van der Waals surface area contributed by atoms with E-state index in [0.29, 0.717) is 23.4 Å². The Morgan fingerprint density at radius 3 is 2.80 bits per heavy atom. The zero-order chi connectivity index (χ0) is 18.2. The van der Waals surface area contributed by atoms with E-state index in [-0.39, 0.29) is 25.0 Å². The van der Waals surface area contributed by atoms with Crippen molar-refractivity contribution in [1.82, 2.24) is 15.4 Å². The summed E-state index contributed by atoms with van der Waals surface area (Å²) in [4.78, 5) is 38.1. The summed E-state index contributed by atoms with van der Waals surface area (Å²) in [5.41, 5.74) is 0.482. The second kappa shape index (κ2) is 6.50. The fourth-order valence-corrected chi connectivity index (χ4v) is 3.67. The van der Waals surface area contributed by atoms with Crippen LogP contribution in [0.5, 0.6) is 0 Å². The van der Waals surface area contributed by atoms with E-state index in [1.807, 2.05) is 6.92 Å². The maximum atomic E-state index is 12.8. The van der Waals surface area contributed by atoms with Gasteiger partial charge in [0, 0.05) is 0 Å². The van der Waals surface area contributed by atoms with Crippen LogP contribution in [0.15, 0.2) is 4.52 Å². The summed E-state index contributed by atoms with van der Waals surface area (Å²) in [6, 6.07) is -0.520. The molecular formula is C17H23N3O5. The van der Waals surface area contributed by atoms with Crippen LogP contribution in [0, 0.1) is 19.8 Å². The third-order valence-electron chi connectivity index (χ3n) is 5.35. The van der Waals surface area contributed by atoms with Crippen LogP contribution >= 0.6 is 0 Å². The molecule has 25 heavy (non-hydrogen) atoms. The minimum absolute atomic E-state index is 0.00515. The van der Waals surface area contributed by atoms with Gasteiger partial charge in [-0.05, 0) is 32.6 Å². The fourth-order valence-electron chi connectivity index (χ4n) is 3.67. The van der Waals surface area contributed by atoms with Gasteiger partial charge in [0.05, 0.1) is 11.3 Å². The second-order valence-electron chi connectivity index (χ2n) is 6.90. The number of hydrogen-bond acceptors (Lipinski definition) is 6. The van der Waals surface area contributed by atoms with Crippen molar-refractivity contribution in [3.8, 4) is 0 Å². The number of aryl methyl sites for hydroxylation is 2. The normalized spacial score (nSPS) is 26.2. The molecule has 1 N–H and O–H groups in total. The van der Waals surface area contributed by atoms with Crippen LogP contribution in [0.3, 0.4) is 0 Å². The third-order valence-corrected chi connectivity index (χ3v) is 5.35. The van der Waals surface area contributed by atoms with Crippen LogP contribution in [0.4, 0.5) is 4.79 Å². The molecule has 8 nitrogen and oxygen atoms in total. The van der Waals surface area contributed by atoms with Crippen molar-refractivity contribution in [3.63, 3.8) is 0 Å². The smallest absolute Gasteiger partial charge is 0.326 e. The van der Waals surface area contributed by atoms with Crippen molar-refractivity contribution in [2.45, 2.75) is 58.6 Å². The highest BCUT2D eigenvalue weighted by Crippen LogP contribution is 2.38. The number of carbonyl (C=O) groups excluding carboxylic acids is 3. The molecule has 2 aliphatic rings. The molecule has 0 aromatic carbocycles. The van der Waals surface area contributed by atoms with Gasteiger partial charge >= 0.3 is 12.0 Å². The van der Waals surface area contributed by atoms with Crippen molar-refractivity contribution in [1.29, 1.82) is 0 Å². The van der Waals surface area contributed by atoms with Gasteiger partial charge in [-0.3, -0.25) is 14.5 Å². The minimum Gasteiger partial charge on any atom is -0.459 e. The Labute approximate surface area is 145 Å². The van der Waals surface area contributed by atoms with Crippen LogP contribution in [0.2, 0.25) is 0 Å². The van der Waals surface area contributed by atoms with E-state index >= 15 is 0 Å². The van der Waals surface area contributed by atoms with Crippen LogP contribution in [-0.4, -0.2) is 40.0 Å². The minimum atomic E-state index is -0.864. The predicted octanol–water partition coefficient (Wildman–Crippen LogP) is 1.84. The Bertz CT molecular complexity index is 694. The summed E-state index contributed by atoms with van der Waals surface area (Å²) < 4.78 is 10.2. The van der Waals surface area contributed by atoms with E-state index in [9.17, 15) is 14.4 Å². The molecular weight excluding hydrogens is 326 g/mol. The second-order valence-corrected chi connectivity index (χ2v) is 6.90. The molecule has 1 aliphatic carbocycles. The summed E-state index contributed by atoms with van der Waals surface area (Å²) in [5, 5.41) is 6.61. The van der Waals surface area contributed by atoms with E-state index in [4.69, 9.17) is 9.26 Å². The third kappa shape index (κ3) is 3.01. The van der Waals surface area contributed by atoms with E-state index in [0.717, 1.165) is 24.2 Å². The first-order valence-corrected chi connectivity index (χ1v) is 8.56. The number of nitrogens with zero attached hydrogens (tertiary/aromatic N) is 2. The Balaban J connectivity index is 1.63. The van der Waals surface area contributed by atoms with Crippen molar-refractivity contribution in [3.05, 3.63) is 17.0 Å². The van der Waals surface area contributed by atoms with Crippen LogP contribution in [-0.2, 0) is 20.9 Å². The highest BCUT2D eigenvalue weighted by atomic mass is 16.5. The number of nitrogens with one attached hydrogen (secondary N) is 1. The van der Waals surface area contributed by atoms with Crippen LogP contribution in [0.25, 0.3) is 0 Å². The predicted molar refractivity (Wildman–Crippen MR) is 86.4 cm³/mol. The Morgan fingerprint density at radius 1 is 1.40 bits per heavy atom. The molecule has 2 heterocycles. The van der Waals surface area contributed by atoms with Crippen molar-refractivity contribution in [2.75, 3.05) is 6.54 Å². The number of aromatic nitrogens is 1. The molecule has 0 bridgehead atoms. The number of imide groups is 1. The van der Waals surface area contributed by atoms with Crippen LogP contribution in [0.1, 0.15) is 49.6 Å². The average molecular weight is 349 g/mol. The summed E-state index contributed by atoms with van der Waals surface area (Å²) in [7, 11) is 0. The molecule has 8 heteroatoms. The van der Waals surface area contributed by atoms with Gasteiger partial charge in [0.25, 0.3) is 5.91 Å². The monoisotopic (exact) mass is 349 g/mol. The van der Waals surface area contributed by atoms with E-state index < -0.39 is 17.5 Å². The number of ether oxygens (including phenoxy) is 1. The van der Waals surface area contributed by atoms with Gasteiger partial charge in [-0.1, -0.05) is 24.9 Å². The molecule has 1 saturated heterocycles. The highest BCUT2D eigenvalue weighted by molar-refractivity contribution is 6.08. The van der Waals surface area contributed by atoms with Gasteiger partial charge < -0.3 is 14.6 Å². The van der Waals surface area contributed by atoms with E-state index in [1.165, 1.54) is 0 Å². The number of esters is 1. The lowest BCUT2D eigenvalue weighted by atomic mass is 9.73. The molecule has 3 amide bonds. The summed E-state index contributed by atoms with van der Waals surface area (Å²) >= 11 is 0. The average Bonchev–Trinajstić information content (AvgIpc) is 3.01. The van der Waals surface area contributed by atoms with Gasteiger partial charge in [0.2, 0.25) is 0 Å². The molecule has 2 fully saturated rings. The molecule has 1 aromatic heterocycles. The summed E-state index contributed by atoms with van der Waals surface area (Å²) in [6.07, 6.45) is 3.44.